The van der Waals surface area contributed by atoms with Crippen LogP contribution in [0.3, 0.4) is 0 Å². The highest BCUT2D eigenvalue weighted by Crippen LogP contribution is 2.65. The molecule has 2 amide bonds. The Hall–Kier alpha value is -1.32. The molecule has 186 valence electrons. The Bertz CT molecular complexity index is 798. The Kier molecular flexibility index (Phi) is 6.11. The molecule has 2 heterocycles. The van der Waals surface area contributed by atoms with Crippen LogP contribution < -0.4 is 5.32 Å². The summed E-state index contributed by atoms with van der Waals surface area (Å²) in [6.45, 7) is 16.3. The number of hydrogen-bond acceptors (Lipinski definition) is 6. The fraction of sp³-hybridized carbons (Fsp3) is 0.917. The van der Waals surface area contributed by atoms with Crippen molar-refractivity contribution in [2.45, 2.75) is 110 Å². The van der Waals surface area contributed by atoms with Crippen molar-refractivity contribution in [1.82, 2.24) is 10.2 Å². The molecule has 3 aliphatic carbocycles. The van der Waals surface area contributed by atoms with Crippen LogP contribution in [-0.4, -0.2) is 71.1 Å². The fourth-order valence-electron chi connectivity index (χ4n) is 6.45. The number of nitrogens with one attached hydrogen (secondary N) is 1. The summed E-state index contributed by atoms with van der Waals surface area (Å²) in [5.74, 6) is 0.478. The number of ether oxygens (including phenoxy) is 1. The van der Waals surface area contributed by atoms with Crippen LogP contribution in [0.5, 0.6) is 0 Å². The second-order valence-corrected chi connectivity index (χ2v) is 12.7. The van der Waals surface area contributed by atoms with E-state index in [1.807, 2.05) is 13.8 Å². The van der Waals surface area contributed by atoms with Crippen molar-refractivity contribution in [3.63, 3.8) is 0 Å². The minimum atomic E-state index is -0.790. The number of aliphatic hydroxyl groups is 1. The largest absolute Gasteiger partial charge is 0.481 e. The van der Waals surface area contributed by atoms with Crippen LogP contribution >= 0.6 is 0 Å². The molecule has 5 fully saturated rings. The molecular formula is C24H41BN2O6. The van der Waals surface area contributed by atoms with Crippen molar-refractivity contribution in [3.05, 3.63) is 0 Å². The van der Waals surface area contributed by atoms with Crippen molar-refractivity contribution < 1.29 is 28.7 Å². The summed E-state index contributed by atoms with van der Waals surface area (Å²) in [6.07, 6.45) is 1.01. The lowest BCUT2D eigenvalue weighted by Gasteiger charge is -2.64. The van der Waals surface area contributed by atoms with E-state index in [0.717, 1.165) is 6.42 Å². The fourth-order valence-corrected chi connectivity index (χ4v) is 6.45. The van der Waals surface area contributed by atoms with E-state index in [-0.39, 0.29) is 47.9 Å². The molecule has 0 aromatic heterocycles. The van der Waals surface area contributed by atoms with Crippen molar-refractivity contribution in [2.75, 3.05) is 6.54 Å². The molecule has 0 spiro atoms. The summed E-state index contributed by atoms with van der Waals surface area (Å²) in [7, 11) is -0.541. The summed E-state index contributed by atoms with van der Waals surface area (Å²) < 4.78 is 18.5. The number of aliphatic hydroxyl groups excluding tert-OH is 1. The Morgan fingerprint density at radius 3 is 2.42 bits per heavy atom. The van der Waals surface area contributed by atoms with E-state index in [0.29, 0.717) is 11.8 Å². The number of carbonyl (C=O) groups excluding carboxylic acids is 2. The molecule has 9 heteroatoms. The number of carbonyl (C=O) groups is 2. The third-order valence-electron chi connectivity index (χ3n) is 8.50. The van der Waals surface area contributed by atoms with E-state index in [1.54, 1.807) is 20.8 Å². The quantitative estimate of drug-likeness (QED) is 0.621. The van der Waals surface area contributed by atoms with Crippen molar-refractivity contribution >= 4 is 19.1 Å². The molecule has 7 atom stereocenters. The Labute approximate surface area is 198 Å². The van der Waals surface area contributed by atoms with Crippen LogP contribution in [-0.2, 0) is 18.8 Å². The second-order valence-electron chi connectivity index (χ2n) is 12.7. The predicted molar refractivity (Wildman–Crippen MR) is 124 cm³/mol. The first-order valence-corrected chi connectivity index (χ1v) is 12.4. The van der Waals surface area contributed by atoms with Crippen molar-refractivity contribution in [2.24, 2.45) is 23.2 Å². The number of nitrogens with zero attached hydrogens (tertiary/aromatic N) is 1. The summed E-state index contributed by atoms with van der Waals surface area (Å²) >= 11 is 0. The molecule has 8 nitrogen and oxygen atoms in total. The van der Waals surface area contributed by atoms with Gasteiger partial charge in [0.25, 0.3) is 0 Å². The zero-order chi connectivity index (χ0) is 24.5. The molecule has 33 heavy (non-hydrogen) atoms. The van der Waals surface area contributed by atoms with E-state index < -0.39 is 31.0 Å². The van der Waals surface area contributed by atoms with Crippen LogP contribution in [0.15, 0.2) is 0 Å². The van der Waals surface area contributed by atoms with Crippen LogP contribution in [0, 0.1) is 23.2 Å². The standard InChI is InChI=1S/C24H41BN2O6/c1-13(2)19(25-32-18-10-14-9-17(23(14,6)7)24(18,8)33-25)26-20(29)16-11-15(28)12-27(16)21(30)31-22(3,4)5/h13-19,28H,9-12H2,1-8H3,(H,26,29)/t14-,15+,16-,17-,18+,19-,24-/m0/s1. The first-order valence-electron chi connectivity index (χ1n) is 12.4. The lowest BCUT2D eigenvalue weighted by molar-refractivity contribution is -0.199. The molecule has 2 N–H and O–H groups in total. The summed E-state index contributed by atoms with van der Waals surface area (Å²) in [5.41, 5.74) is -0.793. The Morgan fingerprint density at radius 1 is 1.18 bits per heavy atom. The maximum atomic E-state index is 13.3. The summed E-state index contributed by atoms with van der Waals surface area (Å²) in [6, 6.07) is -0.790. The zero-order valence-electron chi connectivity index (χ0n) is 21.4. The average Bonchev–Trinajstić information content (AvgIpc) is 3.23. The maximum absolute atomic E-state index is 13.3. The molecule has 5 aliphatic rings. The van der Waals surface area contributed by atoms with Crippen LogP contribution in [0.1, 0.15) is 74.7 Å². The molecule has 2 saturated heterocycles. The van der Waals surface area contributed by atoms with E-state index in [2.05, 4.69) is 26.1 Å². The lowest BCUT2D eigenvalue weighted by Crippen LogP contribution is -2.65. The van der Waals surface area contributed by atoms with Gasteiger partial charge in [-0.05, 0) is 63.7 Å². The van der Waals surface area contributed by atoms with Gasteiger partial charge in [-0.3, -0.25) is 9.69 Å². The van der Waals surface area contributed by atoms with Gasteiger partial charge in [0.05, 0.1) is 30.3 Å². The van der Waals surface area contributed by atoms with E-state index in [4.69, 9.17) is 14.0 Å². The number of likely N-dealkylation sites (tertiary alicyclic amines) is 1. The highest BCUT2D eigenvalue weighted by Gasteiger charge is 2.68. The van der Waals surface area contributed by atoms with Crippen LogP contribution in [0.2, 0.25) is 0 Å². The molecule has 2 bridgehead atoms. The van der Waals surface area contributed by atoms with Crippen molar-refractivity contribution in [3.8, 4) is 0 Å². The van der Waals surface area contributed by atoms with Crippen LogP contribution in [0.4, 0.5) is 4.79 Å². The minimum Gasteiger partial charge on any atom is -0.444 e. The number of amides is 2. The Balaban J connectivity index is 1.46. The maximum Gasteiger partial charge on any atom is 0.481 e. The van der Waals surface area contributed by atoms with Crippen molar-refractivity contribution in [1.29, 1.82) is 0 Å². The molecule has 0 aromatic carbocycles. The molecule has 3 saturated carbocycles. The first kappa shape index (κ1) is 24.8. The Morgan fingerprint density at radius 2 is 1.85 bits per heavy atom. The smallest absolute Gasteiger partial charge is 0.444 e. The van der Waals surface area contributed by atoms with Gasteiger partial charge < -0.3 is 24.5 Å². The van der Waals surface area contributed by atoms with Gasteiger partial charge in [-0.15, -0.1) is 0 Å². The molecule has 5 rings (SSSR count). The number of rotatable bonds is 4. The van der Waals surface area contributed by atoms with Gasteiger partial charge in [0.15, 0.2) is 0 Å². The number of β-amino-alcohol motifs (C(OH)–C–C–N with tert-alkyl or cyclic N) is 1. The second kappa shape index (κ2) is 8.13. The van der Waals surface area contributed by atoms with Crippen LogP contribution in [0.25, 0.3) is 0 Å². The van der Waals surface area contributed by atoms with Gasteiger partial charge in [0.1, 0.15) is 11.6 Å². The predicted octanol–water partition coefficient (Wildman–Crippen LogP) is 2.76. The first-order chi connectivity index (χ1) is 15.1. The molecule has 0 radical (unpaired) electrons. The van der Waals surface area contributed by atoms with Gasteiger partial charge in [0.2, 0.25) is 5.91 Å². The molecule has 0 aromatic rings. The lowest BCUT2D eigenvalue weighted by atomic mass is 9.43. The summed E-state index contributed by atoms with van der Waals surface area (Å²) in [5, 5.41) is 13.3. The van der Waals surface area contributed by atoms with Gasteiger partial charge in [-0.1, -0.05) is 27.7 Å². The van der Waals surface area contributed by atoms with Gasteiger partial charge in [-0.2, -0.15) is 0 Å². The minimum absolute atomic E-state index is 0.0315. The summed E-state index contributed by atoms with van der Waals surface area (Å²) in [4.78, 5) is 27.3. The topological polar surface area (TPSA) is 97.3 Å². The highest BCUT2D eigenvalue weighted by atomic mass is 16.7. The molecule has 0 unspecified atom stereocenters. The van der Waals surface area contributed by atoms with Gasteiger partial charge in [-0.25, -0.2) is 4.79 Å². The molecular weight excluding hydrogens is 423 g/mol. The average molecular weight is 464 g/mol. The van der Waals surface area contributed by atoms with E-state index in [1.165, 1.54) is 11.3 Å². The normalized spacial score (nSPS) is 38.1. The third-order valence-corrected chi connectivity index (χ3v) is 8.50. The SMILES string of the molecule is CC(C)[C@H](NC(=O)[C@@H]1C[C@@H](O)CN1C(=O)OC(C)(C)C)B1O[C@@H]2C[C@@H]3C[C@@H](C3(C)C)[C@]2(C)O1. The molecule has 2 aliphatic heterocycles. The number of hydrogen-bond donors (Lipinski definition) is 2. The monoisotopic (exact) mass is 464 g/mol. The van der Waals surface area contributed by atoms with E-state index in [9.17, 15) is 14.7 Å². The van der Waals surface area contributed by atoms with E-state index >= 15 is 0 Å². The zero-order valence-corrected chi connectivity index (χ0v) is 21.4. The van der Waals surface area contributed by atoms with Gasteiger partial charge in [0, 0.05) is 6.42 Å². The highest BCUT2D eigenvalue weighted by molar-refractivity contribution is 6.48. The van der Waals surface area contributed by atoms with Gasteiger partial charge >= 0.3 is 13.2 Å². The third kappa shape index (κ3) is 4.29.